The second-order valence-electron chi connectivity index (χ2n) is 4.93. The van der Waals surface area contributed by atoms with E-state index < -0.39 is 11.6 Å². The molecular formula is C14H15F2N3O. The smallest absolute Gasteiger partial charge is 0.231 e. The molecular weight excluding hydrogens is 264 g/mol. The Kier molecular flexibility index (Phi) is 3.73. The van der Waals surface area contributed by atoms with E-state index in [0.717, 1.165) is 25.8 Å². The lowest BCUT2D eigenvalue weighted by Gasteiger charge is -2.19. The number of nitrogens with zero attached hydrogens (tertiary/aromatic N) is 2. The zero-order valence-electron chi connectivity index (χ0n) is 10.9. The molecule has 0 saturated carbocycles. The fraction of sp³-hybridized carbons (Fsp3) is 0.429. The Morgan fingerprint density at radius 3 is 2.75 bits per heavy atom. The first kappa shape index (κ1) is 13.2. The van der Waals surface area contributed by atoms with Crippen LogP contribution in [0.5, 0.6) is 0 Å². The Balaban J connectivity index is 1.77. The van der Waals surface area contributed by atoms with Gasteiger partial charge in [0.25, 0.3) is 0 Å². The van der Waals surface area contributed by atoms with E-state index in [1.807, 2.05) is 0 Å². The van der Waals surface area contributed by atoms with E-state index in [2.05, 4.69) is 15.5 Å². The highest BCUT2D eigenvalue weighted by Crippen LogP contribution is 2.22. The minimum atomic E-state index is -0.597. The van der Waals surface area contributed by atoms with Gasteiger partial charge in [0, 0.05) is 5.56 Å². The molecule has 1 unspecified atom stereocenters. The van der Waals surface area contributed by atoms with Crippen molar-refractivity contribution in [1.82, 2.24) is 15.5 Å². The average Bonchev–Trinajstić information content (AvgIpc) is 2.93. The fourth-order valence-corrected chi connectivity index (χ4v) is 2.41. The lowest BCUT2D eigenvalue weighted by atomic mass is 10.0. The molecule has 1 fully saturated rings. The summed E-state index contributed by atoms with van der Waals surface area (Å²) < 4.78 is 32.2. The average molecular weight is 279 g/mol. The molecule has 1 aromatic carbocycles. The summed E-state index contributed by atoms with van der Waals surface area (Å²) in [5.74, 6) is -0.395. The highest BCUT2D eigenvalue weighted by molar-refractivity contribution is 5.22. The van der Waals surface area contributed by atoms with Crippen LogP contribution in [0, 0.1) is 11.6 Å². The summed E-state index contributed by atoms with van der Waals surface area (Å²) in [6, 6.07) is 3.85. The minimum Gasteiger partial charge on any atom is -0.339 e. The van der Waals surface area contributed by atoms with Crippen LogP contribution in [0.25, 0.3) is 0 Å². The van der Waals surface area contributed by atoms with Crippen molar-refractivity contribution in [2.45, 2.75) is 31.7 Å². The normalized spacial score (nSPS) is 19.2. The predicted molar refractivity (Wildman–Crippen MR) is 68.1 cm³/mol. The van der Waals surface area contributed by atoms with Gasteiger partial charge in [-0.3, -0.25) is 0 Å². The second-order valence-corrected chi connectivity index (χ2v) is 4.93. The van der Waals surface area contributed by atoms with Crippen molar-refractivity contribution in [2.24, 2.45) is 0 Å². The number of hydrogen-bond acceptors (Lipinski definition) is 4. The van der Waals surface area contributed by atoms with Crippen molar-refractivity contribution in [3.63, 3.8) is 0 Å². The Labute approximate surface area is 115 Å². The van der Waals surface area contributed by atoms with E-state index in [4.69, 9.17) is 4.52 Å². The number of benzene rings is 1. The van der Waals surface area contributed by atoms with Crippen molar-refractivity contribution in [3.05, 3.63) is 47.1 Å². The molecule has 0 spiro atoms. The first-order valence-electron chi connectivity index (χ1n) is 6.73. The Morgan fingerprint density at radius 2 is 2.05 bits per heavy atom. The molecule has 0 aliphatic carbocycles. The van der Waals surface area contributed by atoms with E-state index in [-0.39, 0.29) is 23.9 Å². The van der Waals surface area contributed by atoms with Gasteiger partial charge in [-0.05, 0) is 31.5 Å². The van der Waals surface area contributed by atoms with Crippen molar-refractivity contribution in [2.75, 3.05) is 6.54 Å². The van der Waals surface area contributed by atoms with Gasteiger partial charge in [0.1, 0.15) is 11.6 Å². The van der Waals surface area contributed by atoms with Gasteiger partial charge in [-0.2, -0.15) is 4.98 Å². The van der Waals surface area contributed by atoms with Crippen LogP contribution in [0.15, 0.2) is 22.7 Å². The van der Waals surface area contributed by atoms with Crippen molar-refractivity contribution >= 4 is 0 Å². The summed E-state index contributed by atoms with van der Waals surface area (Å²) >= 11 is 0. The number of hydrogen-bond donors (Lipinski definition) is 1. The van der Waals surface area contributed by atoms with Gasteiger partial charge in [-0.1, -0.05) is 17.6 Å². The molecule has 106 valence electrons. The van der Waals surface area contributed by atoms with Crippen LogP contribution >= 0.6 is 0 Å². The number of halogens is 2. The topological polar surface area (TPSA) is 51.0 Å². The van der Waals surface area contributed by atoms with Crippen molar-refractivity contribution in [3.8, 4) is 0 Å². The molecule has 20 heavy (non-hydrogen) atoms. The van der Waals surface area contributed by atoms with E-state index in [1.165, 1.54) is 18.2 Å². The Hall–Kier alpha value is -1.82. The van der Waals surface area contributed by atoms with Gasteiger partial charge in [0.15, 0.2) is 5.82 Å². The molecule has 1 saturated heterocycles. The minimum absolute atomic E-state index is 0.0295. The third kappa shape index (κ3) is 2.70. The van der Waals surface area contributed by atoms with Gasteiger partial charge in [-0.15, -0.1) is 0 Å². The number of piperidine rings is 1. The predicted octanol–water partition coefficient (Wildman–Crippen LogP) is 2.75. The van der Waals surface area contributed by atoms with Crippen LogP contribution in [0.4, 0.5) is 8.78 Å². The Bertz CT molecular complexity index is 574. The summed E-state index contributed by atoms with van der Waals surface area (Å²) in [6.45, 7) is 0.927. The lowest BCUT2D eigenvalue weighted by molar-refractivity contribution is 0.350. The molecule has 0 bridgehead atoms. The molecule has 1 aromatic heterocycles. The van der Waals surface area contributed by atoms with Crippen LogP contribution in [0.3, 0.4) is 0 Å². The largest absolute Gasteiger partial charge is 0.339 e. The van der Waals surface area contributed by atoms with Gasteiger partial charge >= 0.3 is 0 Å². The van der Waals surface area contributed by atoms with E-state index >= 15 is 0 Å². The van der Waals surface area contributed by atoms with Crippen molar-refractivity contribution in [1.29, 1.82) is 0 Å². The van der Waals surface area contributed by atoms with Gasteiger partial charge in [0.2, 0.25) is 5.89 Å². The lowest BCUT2D eigenvalue weighted by Crippen LogP contribution is -2.27. The summed E-state index contributed by atoms with van der Waals surface area (Å²) in [5, 5.41) is 7.20. The van der Waals surface area contributed by atoms with E-state index in [0.29, 0.717) is 5.82 Å². The molecule has 6 heteroatoms. The van der Waals surface area contributed by atoms with Crippen molar-refractivity contribution < 1.29 is 13.3 Å². The molecule has 4 nitrogen and oxygen atoms in total. The van der Waals surface area contributed by atoms with Crippen LogP contribution < -0.4 is 5.32 Å². The molecule has 3 rings (SSSR count). The first-order chi connectivity index (χ1) is 9.74. The standard InChI is InChI=1S/C14H15F2N3O/c15-10-4-3-5-11(16)9(10)8-13-18-14(19-20-13)12-6-1-2-7-17-12/h3-5,12,17H,1-2,6-8H2. The molecule has 0 amide bonds. The van der Waals surface area contributed by atoms with Crippen LogP contribution in [-0.4, -0.2) is 16.7 Å². The van der Waals surface area contributed by atoms with Gasteiger partial charge in [0.05, 0.1) is 12.5 Å². The van der Waals surface area contributed by atoms with Gasteiger partial charge < -0.3 is 9.84 Å². The van der Waals surface area contributed by atoms with Crippen LogP contribution in [0.2, 0.25) is 0 Å². The highest BCUT2D eigenvalue weighted by Gasteiger charge is 2.21. The second kappa shape index (κ2) is 5.66. The molecule has 2 aromatic rings. The molecule has 1 N–H and O–H groups in total. The maximum Gasteiger partial charge on any atom is 0.231 e. The fourth-order valence-electron chi connectivity index (χ4n) is 2.41. The summed E-state index contributed by atoms with van der Waals surface area (Å²) in [4.78, 5) is 4.24. The Morgan fingerprint density at radius 1 is 1.25 bits per heavy atom. The summed E-state index contributed by atoms with van der Waals surface area (Å²) in [7, 11) is 0. The van der Waals surface area contributed by atoms with E-state index in [9.17, 15) is 8.78 Å². The molecule has 1 aliphatic rings. The van der Waals surface area contributed by atoms with Crippen LogP contribution in [-0.2, 0) is 6.42 Å². The number of rotatable bonds is 3. The highest BCUT2D eigenvalue weighted by atomic mass is 19.1. The molecule has 2 heterocycles. The molecule has 0 radical (unpaired) electrons. The number of aromatic nitrogens is 2. The first-order valence-corrected chi connectivity index (χ1v) is 6.73. The quantitative estimate of drug-likeness (QED) is 0.938. The number of nitrogens with one attached hydrogen (secondary N) is 1. The monoisotopic (exact) mass is 279 g/mol. The zero-order valence-corrected chi connectivity index (χ0v) is 10.9. The molecule has 1 atom stereocenters. The summed E-state index contributed by atoms with van der Waals surface area (Å²) in [5.41, 5.74) is -0.0423. The van der Waals surface area contributed by atoms with E-state index in [1.54, 1.807) is 0 Å². The molecule has 1 aliphatic heterocycles. The third-order valence-corrected chi connectivity index (χ3v) is 3.50. The SMILES string of the molecule is Fc1cccc(F)c1Cc1nc(C2CCCCN2)no1. The zero-order chi connectivity index (χ0) is 13.9. The maximum atomic E-state index is 13.6. The van der Waals surface area contributed by atoms with Crippen LogP contribution in [0.1, 0.15) is 42.6 Å². The van der Waals surface area contributed by atoms with Gasteiger partial charge in [-0.25, -0.2) is 8.78 Å². The third-order valence-electron chi connectivity index (χ3n) is 3.50. The maximum absolute atomic E-state index is 13.6. The summed E-state index contributed by atoms with van der Waals surface area (Å²) in [6.07, 6.45) is 3.18.